The lowest BCUT2D eigenvalue weighted by molar-refractivity contribution is -0.130. The average Bonchev–Trinajstić information content (AvgIpc) is 3.04. The number of amides is 1. The maximum Gasteiger partial charge on any atom is 0.223 e. The number of aryl methyl sites for hydroxylation is 2. The monoisotopic (exact) mass is 312 g/mol. The van der Waals surface area contributed by atoms with E-state index in [2.05, 4.69) is 47.2 Å². The summed E-state index contributed by atoms with van der Waals surface area (Å²) >= 11 is 0. The van der Waals surface area contributed by atoms with Gasteiger partial charge in [0, 0.05) is 13.5 Å². The number of hydrogen-bond acceptors (Lipinski definition) is 3. The van der Waals surface area contributed by atoms with E-state index in [9.17, 15) is 4.79 Å². The third-order valence-electron chi connectivity index (χ3n) is 4.80. The van der Waals surface area contributed by atoms with E-state index in [0.29, 0.717) is 30.6 Å². The molecule has 23 heavy (non-hydrogen) atoms. The van der Waals surface area contributed by atoms with Gasteiger partial charge in [0.15, 0.2) is 5.82 Å². The van der Waals surface area contributed by atoms with Gasteiger partial charge in [-0.05, 0) is 48.8 Å². The number of carbonyl (C=O) groups is 1. The SMILES string of the molecule is Cc1nc(CN(C)C(=O)CC2CC(C)c3c(C)cccc32)n[nH]1. The van der Waals surface area contributed by atoms with Crippen LogP contribution in [-0.2, 0) is 11.3 Å². The van der Waals surface area contributed by atoms with Crippen LogP contribution in [0.5, 0.6) is 0 Å². The highest BCUT2D eigenvalue weighted by Crippen LogP contribution is 2.44. The topological polar surface area (TPSA) is 61.9 Å². The average molecular weight is 312 g/mol. The van der Waals surface area contributed by atoms with E-state index in [4.69, 9.17) is 0 Å². The fourth-order valence-corrected chi connectivity index (χ4v) is 3.72. The van der Waals surface area contributed by atoms with Gasteiger partial charge in [0.25, 0.3) is 0 Å². The molecular weight excluding hydrogens is 288 g/mol. The normalized spacial score (nSPS) is 19.7. The van der Waals surface area contributed by atoms with Gasteiger partial charge < -0.3 is 4.90 Å². The van der Waals surface area contributed by atoms with Crippen LogP contribution in [-0.4, -0.2) is 33.0 Å². The number of aromatic amines is 1. The zero-order valence-electron chi connectivity index (χ0n) is 14.3. The van der Waals surface area contributed by atoms with E-state index < -0.39 is 0 Å². The fourth-order valence-electron chi connectivity index (χ4n) is 3.72. The maximum atomic E-state index is 12.6. The second kappa shape index (κ2) is 6.14. The number of nitrogens with zero attached hydrogens (tertiary/aromatic N) is 3. The summed E-state index contributed by atoms with van der Waals surface area (Å²) < 4.78 is 0. The highest BCUT2D eigenvalue weighted by atomic mass is 16.2. The molecule has 2 aromatic rings. The number of rotatable bonds is 4. The number of fused-ring (bicyclic) bond motifs is 1. The molecule has 1 aromatic heterocycles. The van der Waals surface area contributed by atoms with Gasteiger partial charge in [-0.25, -0.2) is 4.98 Å². The van der Waals surface area contributed by atoms with E-state index in [0.717, 1.165) is 12.2 Å². The van der Waals surface area contributed by atoms with Crippen LogP contribution in [0.4, 0.5) is 0 Å². The van der Waals surface area contributed by atoms with Gasteiger partial charge in [-0.1, -0.05) is 25.1 Å². The zero-order valence-corrected chi connectivity index (χ0v) is 14.3. The molecular formula is C18H24N4O. The quantitative estimate of drug-likeness (QED) is 0.944. The van der Waals surface area contributed by atoms with Crippen LogP contribution in [0.15, 0.2) is 18.2 Å². The molecule has 122 valence electrons. The summed E-state index contributed by atoms with van der Waals surface area (Å²) in [4.78, 5) is 18.6. The highest BCUT2D eigenvalue weighted by Gasteiger charge is 2.31. The van der Waals surface area contributed by atoms with Crippen molar-refractivity contribution >= 4 is 5.91 Å². The van der Waals surface area contributed by atoms with Crippen LogP contribution in [0.2, 0.25) is 0 Å². The first-order chi connectivity index (χ1) is 11.0. The van der Waals surface area contributed by atoms with Crippen molar-refractivity contribution in [2.75, 3.05) is 7.05 Å². The van der Waals surface area contributed by atoms with Gasteiger partial charge in [-0.2, -0.15) is 5.10 Å². The number of hydrogen-bond donors (Lipinski definition) is 1. The summed E-state index contributed by atoms with van der Waals surface area (Å²) in [6.07, 6.45) is 1.61. The lowest BCUT2D eigenvalue weighted by Gasteiger charge is -2.18. The number of benzene rings is 1. The van der Waals surface area contributed by atoms with Crippen LogP contribution in [0.3, 0.4) is 0 Å². The van der Waals surface area contributed by atoms with Crippen molar-refractivity contribution in [3.05, 3.63) is 46.5 Å². The van der Waals surface area contributed by atoms with Crippen molar-refractivity contribution in [1.82, 2.24) is 20.1 Å². The highest BCUT2D eigenvalue weighted by molar-refractivity contribution is 5.77. The number of aromatic nitrogens is 3. The lowest BCUT2D eigenvalue weighted by Crippen LogP contribution is -2.27. The molecule has 0 saturated heterocycles. The van der Waals surface area contributed by atoms with E-state index in [1.54, 1.807) is 4.90 Å². The van der Waals surface area contributed by atoms with Gasteiger partial charge in [0.05, 0.1) is 6.54 Å². The summed E-state index contributed by atoms with van der Waals surface area (Å²) in [5.74, 6) is 2.44. The standard InChI is InChI=1S/C18H24N4O/c1-11-6-5-7-15-14(8-12(2)18(11)15)9-17(23)22(4)10-16-19-13(3)20-21-16/h5-7,12,14H,8-10H2,1-4H3,(H,19,20,21). The molecule has 0 radical (unpaired) electrons. The summed E-state index contributed by atoms with van der Waals surface area (Å²) in [7, 11) is 1.82. The molecule has 0 spiro atoms. The molecule has 2 atom stereocenters. The van der Waals surface area contributed by atoms with Crippen molar-refractivity contribution in [3.8, 4) is 0 Å². The van der Waals surface area contributed by atoms with Crippen molar-refractivity contribution in [3.63, 3.8) is 0 Å². The summed E-state index contributed by atoms with van der Waals surface area (Å²) in [5.41, 5.74) is 4.14. The minimum atomic E-state index is 0.152. The van der Waals surface area contributed by atoms with Gasteiger partial charge in [-0.15, -0.1) is 0 Å². The van der Waals surface area contributed by atoms with Gasteiger partial charge >= 0.3 is 0 Å². The molecule has 2 unspecified atom stereocenters. The first kappa shape index (κ1) is 15.7. The Hall–Kier alpha value is -2.17. The zero-order chi connectivity index (χ0) is 16.6. The molecule has 3 rings (SSSR count). The van der Waals surface area contributed by atoms with Crippen molar-refractivity contribution < 1.29 is 4.79 Å². The molecule has 1 aliphatic rings. The first-order valence-corrected chi connectivity index (χ1v) is 8.17. The Morgan fingerprint density at radius 2 is 2.17 bits per heavy atom. The Balaban J connectivity index is 1.68. The van der Waals surface area contributed by atoms with E-state index in [1.807, 2.05) is 14.0 Å². The Labute approximate surface area is 137 Å². The Kier molecular flexibility index (Phi) is 4.20. The summed E-state index contributed by atoms with van der Waals surface area (Å²) in [6.45, 7) is 6.73. The predicted octanol–water partition coefficient (Wildman–Crippen LogP) is 3.06. The van der Waals surface area contributed by atoms with Crippen molar-refractivity contribution in [2.24, 2.45) is 0 Å². The maximum absolute atomic E-state index is 12.6. The van der Waals surface area contributed by atoms with Crippen LogP contribution >= 0.6 is 0 Å². The third kappa shape index (κ3) is 3.14. The predicted molar refractivity (Wildman–Crippen MR) is 89.2 cm³/mol. The van der Waals surface area contributed by atoms with E-state index in [-0.39, 0.29) is 5.91 Å². The molecule has 1 N–H and O–H groups in total. The molecule has 0 aliphatic heterocycles. The van der Waals surface area contributed by atoms with Gasteiger partial charge in [0.1, 0.15) is 5.82 Å². The molecule has 0 saturated carbocycles. The second-order valence-electron chi connectivity index (χ2n) is 6.70. The Morgan fingerprint density at radius 3 is 2.87 bits per heavy atom. The number of carbonyl (C=O) groups excluding carboxylic acids is 1. The van der Waals surface area contributed by atoms with E-state index >= 15 is 0 Å². The summed E-state index contributed by atoms with van der Waals surface area (Å²) in [5, 5.41) is 6.91. The summed E-state index contributed by atoms with van der Waals surface area (Å²) in [6, 6.07) is 6.45. The molecule has 0 fully saturated rings. The largest absolute Gasteiger partial charge is 0.338 e. The van der Waals surface area contributed by atoms with Crippen LogP contribution in [0.1, 0.15) is 59.9 Å². The van der Waals surface area contributed by atoms with Crippen LogP contribution in [0, 0.1) is 13.8 Å². The molecule has 5 heteroatoms. The fraction of sp³-hybridized carbons (Fsp3) is 0.500. The molecule has 0 bridgehead atoms. The smallest absolute Gasteiger partial charge is 0.223 e. The van der Waals surface area contributed by atoms with Crippen LogP contribution < -0.4 is 0 Å². The van der Waals surface area contributed by atoms with Gasteiger partial charge in [0.2, 0.25) is 5.91 Å². The molecule has 1 heterocycles. The number of nitrogens with one attached hydrogen (secondary N) is 1. The van der Waals surface area contributed by atoms with E-state index in [1.165, 1.54) is 16.7 Å². The Morgan fingerprint density at radius 1 is 1.39 bits per heavy atom. The Bertz CT molecular complexity index is 722. The molecule has 1 aromatic carbocycles. The first-order valence-electron chi connectivity index (χ1n) is 8.17. The lowest BCUT2D eigenvalue weighted by atomic mass is 9.96. The molecule has 1 amide bonds. The molecule has 5 nitrogen and oxygen atoms in total. The number of H-pyrrole nitrogens is 1. The van der Waals surface area contributed by atoms with Crippen LogP contribution in [0.25, 0.3) is 0 Å². The minimum absolute atomic E-state index is 0.152. The van der Waals surface area contributed by atoms with Crippen molar-refractivity contribution in [1.29, 1.82) is 0 Å². The minimum Gasteiger partial charge on any atom is -0.338 e. The third-order valence-corrected chi connectivity index (χ3v) is 4.80. The second-order valence-corrected chi connectivity index (χ2v) is 6.70. The van der Waals surface area contributed by atoms with Crippen molar-refractivity contribution in [2.45, 2.75) is 52.0 Å². The molecule has 1 aliphatic carbocycles. The van der Waals surface area contributed by atoms with Gasteiger partial charge in [-0.3, -0.25) is 9.89 Å².